The quantitative estimate of drug-likeness (QED) is 0.714. The molecule has 9 heteroatoms. The van der Waals surface area contributed by atoms with Gasteiger partial charge >= 0.3 is 0 Å². The highest BCUT2D eigenvalue weighted by molar-refractivity contribution is 8.14. The third-order valence-corrected chi connectivity index (χ3v) is 3.89. The second-order valence-electron chi connectivity index (χ2n) is 4.00. The van der Waals surface area contributed by atoms with Gasteiger partial charge in [0, 0.05) is 25.0 Å². The highest BCUT2D eigenvalue weighted by atomic mass is 35.5. The number of nitrogens with zero attached hydrogens (tertiary/aromatic N) is 1. The van der Waals surface area contributed by atoms with Gasteiger partial charge in [-0.1, -0.05) is 35.0 Å². The van der Waals surface area contributed by atoms with Gasteiger partial charge in [0.15, 0.2) is 0 Å². The van der Waals surface area contributed by atoms with Crippen LogP contribution in [0.25, 0.3) is 0 Å². The van der Waals surface area contributed by atoms with Crippen molar-refractivity contribution in [2.75, 3.05) is 24.2 Å². The number of nitrogens with one attached hydrogen (secondary N) is 3. The third kappa shape index (κ3) is 4.16. The minimum absolute atomic E-state index is 0.166. The zero-order chi connectivity index (χ0) is 14.5. The molecule has 0 aromatic carbocycles. The van der Waals surface area contributed by atoms with Crippen molar-refractivity contribution < 1.29 is 9.59 Å². The number of carbonyl (C=O) groups is 2. The van der Waals surface area contributed by atoms with Crippen LogP contribution in [-0.4, -0.2) is 41.0 Å². The van der Waals surface area contributed by atoms with E-state index in [-0.39, 0.29) is 11.1 Å². The van der Waals surface area contributed by atoms with Crippen molar-refractivity contribution in [3.05, 3.63) is 22.3 Å². The Morgan fingerprint density at radius 3 is 2.95 bits per heavy atom. The molecule has 1 aliphatic rings. The molecule has 108 valence electrons. The van der Waals surface area contributed by atoms with Gasteiger partial charge in [0.05, 0.1) is 10.0 Å². The summed E-state index contributed by atoms with van der Waals surface area (Å²) in [6.07, 6.45) is 1.49. The summed E-state index contributed by atoms with van der Waals surface area (Å²) >= 11 is 12.8. The van der Waals surface area contributed by atoms with Crippen LogP contribution in [0.1, 0.15) is 0 Å². The zero-order valence-electron chi connectivity index (χ0n) is 10.3. The molecule has 2 rings (SSSR count). The minimum Gasteiger partial charge on any atom is -0.367 e. The Morgan fingerprint density at radius 1 is 1.50 bits per heavy atom. The number of aromatic nitrogens is 1. The fraction of sp³-hybridized carbons (Fsp3) is 0.364. The first kappa shape index (κ1) is 15.2. The lowest BCUT2D eigenvalue weighted by molar-refractivity contribution is -0.122. The smallest absolute Gasteiger partial charge is 0.279 e. The SMILES string of the molecule is O=C1NC(C(=O)NCCNc2ncc(Cl)cc2Cl)CS1. The summed E-state index contributed by atoms with van der Waals surface area (Å²) in [5, 5.41) is 8.99. The molecule has 1 atom stereocenters. The number of thioether (sulfide) groups is 1. The van der Waals surface area contributed by atoms with Gasteiger partial charge in [-0.15, -0.1) is 0 Å². The number of halogens is 2. The van der Waals surface area contributed by atoms with E-state index in [1.165, 1.54) is 6.20 Å². The van der Waals surface area contributed by atoms with Gasteiger partial charge in [-0.25, -0.2) is 4.98 Å². The van der Waals surface area contributed by atoms with Crippen LogP contribution < -0.4 is 16.0 Å². The van der Waals surface area contributed by atoms with Crippen molar-refractivity contribution in [1.29, 1.82) is 0 Å². The van der Waals surface area contributed by atoms with Crippen LogP contribution in [0.3, 0.4) is 0 Å². The number of anilines is 1. The normalized spacial score (nSPS) is 17.7. The van der Waals surface area contributed by atoms with E-state index in [2.05, 4.69) is 20.9 Å². The van der Waals surface area contributed by atoms with E-state index in [1.807, 2.05) is 0 Å². The van der Waals surface area contributed by atoms with Crippen molar-refractivity contribution >= 4 is 51.9 Å². The van der Waals surface area contributed by atoms with E-state index in [4.69, 9.17) is 23.2 Å². The summed E-state index contributed by atoms with van der Waals surface area (Å²) < 4.78 is 0. The molecule has 0 bridgehead atoms. The van der Waals surface area contributed by atoms with E-state index in [0.717, 1.165) is 11.8 Å². The first-order chi connectivity index (χ1) is 9.56. The predicted molar refractivity (Wildman–Crippen MR) is 80.5 cm³/mol. The van der Waals surface area contributed by atoms with Crippen LogP contribution >= 0.6 is 35.0 Å². The number of carbonyl (C=O) groups excluding carboxylic acids is 2. The third-order valence-electron chi connectivity index (χ3n) is 2.51. The molecule has 3 N–H and O–H groups in total. The molecule has 2 heterocycles. The lowest BCUT2D eigenvalue weighted by Gasteiger charge is -2.11. The molecule has 1 aromatic heterocycles. The van der Waals surface area contributed by atoms with E-state index >= 15 is 0 Å². The van der Waals surface area contributed by atoms with Gasteiger partial charge in [0.25, 0.3) is 5.24 Å². The molecule has 1 unspecified atom stereocenters. The largest absolute Gasteiger partial charge is 0.367 e. The van der Waals surface area contributed by atoms with Crippen LogP contribution in [-0.2, 0) is 4.79 Å². The second-order valence-corrected chi connectivity index (χ2v) is 5.83. The topological polar surface area (TPSA) is 83.1 Å². The Bertz CT molecular complexity index is 529. The molecular weight excluding hydrogens is 323 g/mol. The molecule has 1 aromatic rings. The summed E-state index contributed by atoms with van der Waals surface area (Å²) in [6, 6.07) is 1.13. The standard InChI is InChI=1S/C11H12Cl2N4O2S/c12-6-3-7(13)9(16-4-6)14-1-2-15-10(18)8-5-20-11(19)17-8/h3-4,8H,1-2,5H2,(H,14,16)(H,15,18)(H,17,19). The maximum Gasteiger partial charge on any atom is 0.279 e. The first-order valence-corrected chi connectivity index (χ1v) is 7.56. The Balaban J connectivity index is 1.71. The van der Waals surface area contributed by atoms with Gasteiger partial charge in [0.1, 0.15) is 11.9 Å². The van der Waals surface area contributed by atoms with Gasteiger partial charge < -0.3 is 16.0 Å². The van der Waals surface area contributed by atoms with E-state index < -0.39 is 6.04 Å². The lowest BCUT2D eigenvalue weighted by Crippen LogP contribution is -2.44. The molecule has 0 saturated carbocycles. The van der Waals surface area contributed by atoms with Gasteiger partial charge in [-0.2, -0.15) is 0 Å². The molecular formula is C11H12Cl2N4O2S. The molecule has 1 saturated heterocycles. The fourth-order valence-corrected chi connectivity index (χ4v) is 2.79. The highest BCUT2D eigenvalue weighted by Crippen LogP contribution is 2.22. The molecule has 0 aliphatic carbocycles. The van der Waals surface area contributed by atoms with Crippen molar-refractivity contribution in [3.8, 4) is 0 Å². The van der Waals surface area contributed by atoms with Crippen molar-refractivity contribution in [1.82, 2.24) is 15.6 Å². The number of hydrogen-bond acceptors (Lipinski definition) is 5. The Hall–Kier alpha value is -1.18. The van der Waals surface area contributed by atoms with Gasteiger partial charge in [0.2, 0.25) is 5.91 Å². The Labute approximate surface area is 130 Å². The lowest BCUT2D eigenvalue weighted by atomic mass is 10.3. The maximum atomic E-state index is 11.7. The molecule has 1 aliphatic heterocycles. The number of rotatable bonds is 5. The first-order valence-electron chi connectivity index (χ1n) is 5.82. The number of amides is 2. The number of hydrogen-bond donors (Lipinski definition) is 3. The minimum atomic E-state index is -0.454. The molecule has 0 radical (unpaired) electrons. The second kappa shape index (κ2) is 7.01. The van der Waals surface area contributed by atoms with Gasteiger partial charge in [-0.3, -0.25) is 9.59 Å². The van der Waals surface area contributed by atoms with Crippen LogP contribution in [0.5, 0.6) is 0 Å². The number of pyridine rings is 1. The van der Waals surface area contributed by atoms with E-state index in [1.54, 1.807) is 6.07 Å². The van der Waals surface area contributed by atoms with Crippen molar-refractivity contribution in [2.24, 2.45) is 0 Å². The fourth-order valence-electron chi connectivity index (χ4n) is 1.56. The highest BCUT2D eigenvalue weighted by Gasteiger charge is 2.27. The van der Waals surface area contributed by atoms with Crippen molar-refractivity contribution in [2.45, 2.75) is 6.04 Å². The van der Waals surface area contributed by atoms with Crippen LogP contribution in [0.2, 0.25) is 10.0 Å². The predicted octanol–water partition coefficient (Wildman–Crippen LogP) is 1.74. The zero-order valence-corrected chi connectivity index (χ0v) is 12.6. The monoisotopic (exact) mass is 334 g/mol. The van der Waals surface area contributed by atoms with Crippen LogP contribution in [0.4, 0.5) is 10.6 Å². The summed E-state index contributed by atoms with van der Waals surface area (Å²) in [4.78, 5) is 26.7. The van der Waals surface area contributed by atoms with Gasteiger partial charge in [-0.05, 0) is 6.07 Å². The summed E-state index contributed by atoms with van der Waals surface area (Å²) in [6.45, 7) is 0.865. The van der Waals surface area contributed by atoms with Crippen LogP contribution in [0.15, 0.2) is 12.3 Å². The molecule has 20 heavy (non-hydrogen) atoms. The molecule has 1 fully saturated rings. The Morgan fingerprint density at radius 2 is 2.30 bits per heavy atom. The van der Waals surface area contributed by atoms with Crippen molar-refractivity contribution in [3.63, 3.8) is 0 Å². The van der Waals surface area contributed by atoms with E-state index in [9.17, 15) is 9.59 Å². The maximum absolute atomic E-state index is 11.7. The Kier molecular flexibility index (Phi) is 5.33. The van der Waals surface area contributed by atoms with E-state index in [0.29, 0.717) is 34.7 Å². The average molecular weight is 335 g/mol. The molecule has 6 nitrogen and oxygen atoms in total. The summed E-state index contributed by atoms with van der Waals surface area (Å²) in [5.74, 6) is 0.776. The summed E-state index contributed by atoms with van der Waals surface area (Å²) in [5.41, 5.74) is 0. The molecule has 0 spiro atoms. The summed E-state index contributed by atoms with van der Waals surface area (Å²) in [7, 11) is 0. The molecule has 2 amide bonds. The van der Waals surface area contributed by atoms with Crippen LogP contribution in [0, 0.1) is 0 Å². The average Bonchev–Trinajstić information content (AvgIpc) is 2.83.